The predicted molar refractivity (Wildman–Crippen MR) is 288 cm³/mol. The molecule has 5 aromatic rings. The highest BCUT2D eigenvalue weighted by atomic mass is 16.6. The average molecular weight is 1000 g/mol. The summed E-state index contributed by atoms with van der Waals surface area (Å²) in [6.45, 7) is 5.44. The van der Waals surface area contributed by atoms with E-state index in [2.05, 4.69) is 49.2 Å². The number of hydrogen-bond acceptors (Lipinski definition) is 20. The Morgan fingerprint density at radius 1 is 0.370 bits per heavy atom. The van der Waals surface area contributed by atoms with Crippen molar-refractivity contribution in [3.8, 4) is 0 Å². The second-order valence-corrected chi connectivity index (χ2v) is 19.9. The second kappa shape index (κ2) is 22.7. The summed E-state index contributed by atoms with van der Waals surface area (Å²) in [5, 5.41) is 37.0. The molecule has 0 bridgehead atoms. The van der Waals surface area contributed by atoms with Crippen LogP contribution in [0.15, 0.2) is 109 Å². The van der Waals surface area contributed by atoms with Gasteiger partial charge in [0.1, 0.15) is 0 Å². The molecular weight excluding hydrogens is 935 g/mol. The Kier molecular flexibility index (Phi) is 16.2. The fourth-order valence-corrected chi connectivity index (χ4v) is 10.4. The number of nitrogens with one attached hydrogen (secondary N) is 1. The molecule has 4 saturated heterocycles. The third-order valence-corrected chi connectivity index (χ3v) is 13.6. The van der Waals surface area contributed by atoms with Crippen molar-refractivity contribution in [1.29, 1.82) is 0 Å². The summed E-state index contributed by atoms with van der Waals surface area (Å²) in [6.07, 6.45) is 3.08. The maximum absolute atomic E-state index is 11.3. The first kappa shape index (κ1) is 52.1. The first-order chi connectivity index (χ1) is 34.8. The number of nitrogens with zero attached hydrogens (tertiary/aromatic N) is 8. The molecule has 23 nitrogen and oxygen atoms in total. The van der Waals surface area contributed by atoms with Gasteiger partial charge in [-0.2, -0.15) is 0 Å². The van der Waals surface area contributed by atoms with Crippen LogP contribution in [-0.2, 0) is 0 Å². The van der Waals surface area contributed by atoms with Crippen LogP contribution in [0, 0.1) is 30.3 Å². The summed E-state index contributed by atoms with van der Waals surface area (Å²) < 4.78 is 0. The van der Waals surface area contributed by atoms with Gasteiger partial charge in [-0.3, -0.25) is 30.3 Å². The number of nitro groups is 3. The zero-order valence-corrected chi connectivity index (χ0v) is 40.6. The quantitative estimate of drug-likeness (QED) is 0.0634. The van der Waals surface area contributed by atoms with E-state index in [4.69, 9.17) is 45.9 Å². The molecule has 4 aliphatic heterocycles. The van der Waals surface area contributed by atoms with Crippen molar-refractivity contribution in [2.75, 3.05) is 82.2 Å². The van der Waals surface area contributed by atoms with Crippen molar-refractivity contribution in [3.05, 3.63) is 140 Å². The summed E-state index contributed by atoms with van der Waals surface area (Å²) in [7, 11) is 0. The van der Waals surface area contributed by atoms with Crippen LogP contribution in [0.4, 0.5) is 68.2 Å². The topological polar surface area (TPSA) is 366 Å². The lowest BCUT2D eigenvalue weighted by Crippen LogP contribution is -2.53. The number of hydrogen-bond donors (Lipinski definition) is 9. The fourth-order valence-electron chi connectivity index (χ4n) is 10.4. The lowest BCUT2D eigenvalue weighted by atomic mass is 10.00. The summed E-state index contributed by atoms with van der Waals surface area (Å²) >= 11 is 0. The van der Waals surface area contributed by atoms with Crippen LogP contribution in [0.3, 0.4) is 0 Å². The number of piperidine rings is 4. The van der Waals surface area contributed by atoms with Gasteiger partial charge >= 0.3 is 0 Å². The second-order valence-electron chi connectivity index (χ2n) is 19.9. The van der Waals surface area contributed by atoms with Crippen molar-refractivity contribution in [1.82, 2.24) is 0 Å². The van der Waals surface area contributed by atoms with Crippen LogP contribution < -0.4 is 75.7 Å². The number of anilines is 9. The third kappa shape index (κ3) is 13.3. The van der Waals surface area contributed by atoms with Gasteiger partial charge in [0.2, 0.25) is 0 Å². The maximum Gasteiger partial charge on any atom is 0.269 e. The van der Waals surface area contributed by atoms with Gasteiger partial charge in [-0.1, -0.05) is 0 Å². The van der Waals surface area contributed by atoms with E-state index >= 15 is 0 Å². The molecule has 9 rings (SSSR count). The highest BCUT2D eigenvalue weighted by Gasteiger charge is 2.30. The van der Waals surface area contributed by atoms with Gasteiger partial charge < -0.3 is 75.7 Å². The van der Waals surface area contributed by atoms with E-state index in [9.17, 15) is 30.3 Å². The fraction of sp³-hybridized carbons (Fsp3) is 0.400. The molecule has 388 valence electrons. The SMILES string of the molecule is NC1CC(N)CN(c2cc(N3CC(N)CC(N)C3)cc(N(c3ccc([N+](=O)[O-])cc3)c3ccc([N+](=O)[O-])cc3)c2)C1.NC1CC(N)CN(c2cc(Nc3ccc([N+](=O)[O-])cc3)cc(N3CC(N)CC(N)C3)c2)C1. The van der Waals surface area contributed by atoms with Crippen LogP contribution in [0.2, 0.25) is 0 Å². The van der Waals surface area contributed by atoms with Gasteiger partial charge in [0.05, 0.1) is 20.5 Å². The van der Waals surface area contributed by atoms with E-state index in [1.165, 1.54) is 36.4 Å². The van der Waals surface area contributed by atoms with E-state index in [1.54, 1.807) is 36.4 Å². The number of nitro benzene ring substituents is 3. The summed E-state index contributed by atoms with van der Waals surface area (Å²) in [4.78, 5) is 43.0. The molecule has 17 N–H and O–H groups in total. The minimum absolute atomic E-state index is 0.0188. The molecule has 0 saturated carbocycles. The summed E-state index contributed by atoms with van der Waals surface area (Å²) in [6, 6.07) is 30.9. The Balaban J connectivity index is 0.000000201. The standard InChI is InChI=1S/C28H35N9O4.C22H32N8O2/c29-18-9-19(30)15-33(14-18)26-11-27(34-16-20(31)10-21(32)17-34)13-28(12-26)35(22-1-5-24(6-2-22)36(38)39)23-3-7-25(8-4-23)37(40)41;23-14-5-15(24)11-28(10-14)21-7-19(27-18-1-3-20(4-2-18)30(31)32)8-22(9-21)29-12-16(25)6-17(26)13-29/h1-8,11-13,18-21H,9-10,14-17,29-32H2;1-4,7-9,14-17,27H,5-6,10-13,23-26H2. The van der Waals surface area contributed by atoms with Gasteiger partial charge in [0.25, 0.3) is 17.1 Å². The molecule has 0 radical (unpaired) electrons. The molecule has 4 heterocycles. The minimum Gasteiger partial charge on any atom is -0.368 e. The molecule has 4 aliphatic rings. The molecule has 23 heteroatoms. The smallest absolute Gasteiger partial charge is 0.269 e. The molecule has 5 aromatic carbocycles. The van der Waals surface area contributed by atoms with Gasteiger partial charge in [0, 0.05) is 183 Å². The van der Waals surface area contributed by atoms with Crippen LogP contribution in [0.1, 0.15) is 25.7 Å². The van der Waals surface area contributed by atoms with Gasteiger partial charge in [-0.25, -0.2) is 0 Å². The Morgan fingerprint density at radius 2 is 0.630 bits per heavy atom. The van der Waals surface area contributed by atoms with Crippen molar-refractivity contribution >= 4 is 68.2 Å². The van der Waals surface area contributed by atoms with Gasteiger partial charge in [-0.05, 0) is 98.5 Å². The largest absolute Gasteiger partial charge is 0.368 e. The van der Waals surface area contributed by atoms with E-state index < -0.39 is 14.8 Å². The molecule has 8 unspecified atom stereocenters. The van der Waals surface area contributed by atoms with Crippen molar-refractivity contribution < 1.29 is 14.8 Å². The Hall–Kier alpha value is -7.22. The summed E-state index contributed by atoms with van der Waals surface area (Å²) in [5.41, 5.74) is 57.8. The van der Waals surface area contributed by atoms with E-state index in [-0.39, 0.29) is 65.4 Å². The van der Waals surface area contributed by atoms with Crippen LogP contribution in [-0.4, -0.2) is 115 Å². The molecule has 0 aromatic heterocycles. The number of non-ortho nitro benzene ring substituents is 3. The van der Waals surface area contributed by atoms with Crippen molar-refractivity contribution in [2.45, 2.75) is 74.0 Å². The number of rotatable bonds is 12. The number of nitrogens with two attached hydrogens (primary N) is 8. The van der Waals surface area contributed by atoms with E-state index in [1.807, 2.05) is 17.0 Å². The first-order valence-electron chi connectivity index (χ1n) is 24.5. The Morgan fingerprint density at radius 3 is 0.904 bits per heavy atom. The third-order valence-electron chi connectivity index (χ3n) is 13.6. The molecular formula is C50H67N17O6. The summed E-state index contributed by atoms with van der Waals surface area (Å²) in [5.74, 6) is 0. The molecule has 8 atom stereocenters. The van der Waals surface area contributed by atoms with Gasteiger partial charge in [-0.15, -0.1) is 0 Å². The lowest BCUT2D eigenvalue weighted by molar-refractivity contribution is -0.385. The highest BCUT2D eigenvalue weighted by molar-refractivity contribution is 5.82. The molecule has 0 aliphatic carbocycles. The maximum atomic E-state index is 11.3. The highest BCUT2D eigenvalue weighted by Crippen LogP contribution is 2.41. The van der Waals surface area contributed by atoms with Crippen molar-refractivity contribution in [3.63, 3.8) is 0 Å². The normalized spacial score (nSPS) is 24.3. The average Bonchev–Trinajstić information content (AvgIpc) is 3.33. The lowest BCUT2D eigenvalue weighted by Gasteiger charge is -2.39. The molecule has 4 fully saturated rings. The minimum atomic E-state index is -0.454. The zero-order chi connectivity index (χ0) is 52.1. The van der Waals surface area contributed by atoms with Crippen LogP contribution in [0.25, 0.3) is 0 Å². The first-order valence-corrected chi connectivity index (χ1v) is 24.5. The monoisotopic (exact) mass is 1000 g/mol. The van der Waals surface area contributed by atoms with E-state index in [0.29, 0.717) is 37.6 Å². The Labute approximate surface area is 423 Å². The molecule has 73 heavy (non-hydrogen) atoms. The van der Waals surface area contributed by atoms with Crippen LogP contribution >= 0.6 is 0 Å². The zero-order valence-electron chi connectivity index (χ0n) is 40.6. The molecule has 0 spiro atoms. The van der Waals surface area contributed by atoms with Crippen LogP contribution in [0.5, 0.6) is 0 Å². The van der Waals surface area contributed by atoms with E-state index in [0.717, 1.165) is 91.7 Å². The van der Waals surface area contributed by atoms with Crippen molar-refractivity contribution in [2.24, 2.45) is 45.9 Å². The number of benzene rings is 5. The predicted octanol–water partition coefficient (Wildman–Crippen LogP) is 3.77. The molecule has 0 amide bonds. The van der Waals surface area contributed by atoms with Gasteiger partial charge in [0.15, 0.2) is 0 Å². The Bertz CT molecular complexity index is 2530.